The van der Waals surface area contributed by atoms with Gasteiger partial charge in [0, 0.05) is 47.7 Å². The molecule has 4 aromatic rings. The van der Waals surface area contributed by atoms with Crippen LogP contribution in [0.3, 0.4) is 0 Å². The first-order chi connectivity index (χ1) is 16.3. The van der Waals surface area contributed by atoms with Crippen molar-refractivity contribution in [1.82, 2.24) is 19.4 Å². The summed E-state index contributed by atoms with van der Waals surface area (Å²) in [5.74, 6) is 2.84. The standard InChI is InChI=1S/C25H25N5O3/c1-31-22-13-18(7-8-21(22)33-19-5-2-6-19)28-23-24-26-9-10-30(24)15-20(29-23)17-12-16-4-3-11-32-25(16)27-14-17/h7-10,12-15,19H,2-6,11H2,1H3,(H,28,29). The second-order valence-corrected chi connectivity index (χ2v) is 8.43. The van der Waals surface area contributed by atoms with Crippen molar-refractivity contribution < 1.29 is 14.2 Å². The summed E-state index contributed by atoms with van der Waals surface area (Å²) < 4.78 is 19.3. The van der Waals surface area contributed by atoms with Crippen LogP contribution in [0.4, 0.5) is 11.5 Å². The van der Waals surface area contributed by atoms with Gasteiger partial charge in [-0.2, -0.15) is 0 Å². The molecule has 1 saturated carbocycles. The molecule has 1 aromatic carbocycles. The Balaban J connectivity index is 1.34. The molecule has 1 aliphatic carbocycles. The fourth-order valence-corrected chi connectivity index (χ4v) is 4.18. The van der Waals surface area contributed by atoms with Gasteiger partial charge >= 0.3 is 0 Å². The van der Waals surface area contributed by atoms with Gasteiger partial charge in [-0.3, -0.25) is 0 Å². The van der Waals surface area contributed by atoms with E-state index in [1.165, 1.54) is 6.42 Å². The Hall–Kier alpha value is -3.81. The van der Waals surface area contributed by atoms with Crippen molar-refractivity contribution in [3.63, 3.8) is 0 Å². The van der Waals surface area contributed by atoms with Crippen LogP contribution >= 0.6 is 0 Å². The highest BCUT2D eigenvalue weighted by Gasteiger charge is 2.21. The van der Waals surface area contributed by atoms with E-state index in [9.17, 15) is 0 Å². The summed E-state index contributed by atoms with van der Waals surface area (Å²) in [5, 5.41) is 3.41. The van der Waals surface area contributed by atoms with Gasteiger partial charge in [0.1, 0.15) is 0 Å². The molecular weight excluding hydrogens is 418 g/mol. The van der Waals surface area contributed by atoms with Crippen LogP contribution in [-0.4, -0.2) is 39.2 Å². The summed E-state index contributed by atoms with van der Waals surface area (Å²) >= 11 is 0. The molecule has 0 amide bonds. The van der Waals surface area contributed by atoms with Crippen LogP contribution in [0.2, 0.25) is 0 Å². The van der Waals surface area contributed by atoms with Crippen molar-refractivity contribution in [3.05, 3.63) is 54.6 Å². The number of methoxy groups -OCH3 is 1. The SMILES string of the molecule is COc1cc(Nc2nc(-c3cnc4c(c3)CCCO4)cn3ccnc23)ccc1OC1CCC1. The lowest BCUT2D eigenvalue weighted by atomic mass is 9.96. The van der Waals surface area contributed by atoms with Crippen molar-refractivity contribution in [2.24, 2.45) is 0 Å². The van der Waals surface area contributed by atoms with Crippen LogP contribution in [0.5, 0.6) is 17.4 Å². The number of benzene rings is 1. The van der Waals surface area contributed by atoms with Gasteiger partial charge in [-0.1, -0.05) is 0 Å². The molecule has 0 spiro atoms. The Labute approximate surface area is 191 Å². The summed E-state index contributed by atoms with van der Waals surface area (Å²) in [6.45, 7) is 0.723. The summed E-state index contributed by atoms with van der Waals surface area (Å²) in [6.07, 6.45) is 13.1. The third-order valence-corrected chi connectivity index (χ3v) is 6.20. The minimum atomic E-state index is 0.288. The maximum Gasteiger partial charge on any atom is 0.216 e. The molecule has 1 fully saturated rings. The number of nitrogens with one attached hydrogen (secondary N) is 1. The van der Waals surface area contributed by atoms with Crippen molar-refractivity contribution in [3.8, 4) is 28.6 Å². The smallest absolute Gasteiger partial charge is 0.216 e. The third kappa shape index (κ3) is 3.82. The van der Waals surface area contributed by atoms with E-state index < -0.39 is 0 Å². The molecule has 8 nitrogen and oxygen atoms in total. The molecule has 8 heteroatoms. The maximum atomic E-state index is 6.06. The van der Waals surface area contributed by atoms with E-state index in [0.29, 0.717) is 11.6 Å². The molecule has 0 saturated heterocycles. The number of nitrogens with zero attached hydrogens (tertiary/aromatic N) is 4. The molecule has 0 radical (unpaired) electrons. The zero-order valence-electron chi connectivity index (χ0n) is 18.5. The number of hydrogen-bond acceptors (Lipinski definition) is 7. The van der Waals surface area contributed by atoms with Gasteiger partial charge in [-0.15, -0.1) is 0 Å². The topological polar surface area (TPSA) is 82.8 Å². The zero-order valence-corrected chi connectivity index (χ0v) is 18.5. The highest BCUT2D eigenvalue weighted by atomic mass is 16.5. The number of hydrogen-bond donors (Lipinski definition) is 1. The average molecular weight is 444 g/mol. The molecule has 1 N–H and O–H groups in total. The number of rotatable bonds is 6. The number of pyridine rings is 1. The van der Waals surface area contributed by atoms with E-state index in [-0.39, 0.29) is 6.10 Å². The summed E-state index contributed by atoms with van der Waals surface area (Å²) in [6, 6.07) is 7.97. The third-order valence-electron chi connectivity index (χ3n) is 6.20. The van der Waals surface area contributed by atoms with E-state index in [1.807, 2.05) is 41.2 Å². The molecule has 3 aromatic heterocycles. The Morgan fingerprint density at radius 2 is 2.06 bits per heavy atom. The number of anilines is 2. The van der Waals surface area contributed by atoms with Crippen molar-refractivity contribution in [2.75, 3.05) is 19.0 Å². The Morgan fingerprint density at radius 3 is 2.91 bits per heavy atom. The maximum absolute atomic E-state index is 6.06. The first kappa shape index (κ1) is 19.8. The molecule has 6 rings (SSSR count). The highest BCUT2D eigenvalue weighted by molar-refractivity contribution is 5.74. The quantitative estimate of drug-likeness (QED) is 0.458. The Bertz CT molecular complexity index is 1310. The molecule has 0 atom stereocenters. The van der Waals surface area contributed by atoms with Crippen molar-refractivity contribution >= 4 is 17.2 Å². The van der Waals surface area contributed by atoms with E-state index in [2.05, 4.69) is 21.4 Å². The van der Waals surface area contributed by atoms with Gasteiger partial charge in [0.15, 0.2) is 23.0 Å². The first-order valence-corrected chi connectivity index (χ1v) is 11.3. The summed E-state index contributed by atoms with van der Waals surface area (Å²) in [5.41, 5.74) is 4.45. The van der Waals surface area contributed by atoms with E-state index in [0.717, 1.165) is 72.1 Å². The zero-order chi connectivity index (χ0) is 22.2. The second-order valence-electron chi connectivity index (χ2n) is 8.43. The van der Waals surface area contributed by atoms with Crippen molar-refractivity contribution in [1.29, 1.82) is 0 Å². The normalized spacial score (nSPS) is 15.4. The number of aromatic nitrogens is 4. The number of aryl methyl sites for hydroxylation is 1. The molecule has 0 bridgehead atoms. The van der Waals surface area contributed by atoms with E-state index in [1.54, 1.807) is 13.3 Å². The predicted molar refractivity (Wildman–Crippen MR) is 125 cm³/mol. The molecule has 2 aliphatic rings. The number of ether oxygens (including phenoxy) is 3. The van der Waals surface area contributed by atoms with Crippen molar-refractivity contribution in [2.45, 2.75) is 38.2 Å². The molecular formula is C25H25N5O3. The molecule has 168 valence electrons. The monoisotopic (exact) mass is 443 g/mol. The highest BCUT2D eigenvalue weighted by Crippen LogP contribution is 2.36. The van der Waals surface area contributed by atoms with Crippen LogP contribution in [0.25, 0.3) is 16.9 Å². The molecule has 1 aliphatic heterocycles. The predicted octanol–water partition coefficient (Wildman–Crippen LogP) is 4.80. The van der Waals surface area contributed by atoms with E-state index >= 15 is 0 Å². The van der Waals surface area contributed by atoms with Crippen LogP contribution in [0, 0.1) is 0 Å². The Morgan fingerprint density at radius 1 is 1.12 bits per heavy atom. The fraction of sp³-hybridized carbons (Fsp3) is 0.320. The minimum Gasteiger partial charge on any atom is -0.493 e. The summed E-state index contributed by atoms with van der Waals surface area (Å²) in [4.78, 5) is 13.9. The average Bonchev–Trinajstić information content (AvgIpc) is 3.31. The number of imidazole rings is 1. The minimum absolute atomic E-state index is 0.288. The van der Waals surface area contributed by atoms with Gasteiger partial charge in [0.25, 0.3) is 0 Å². The van der Waals surface area contributed by atoms with Gasteiger partial charge < -0.3 is 23.9 Å². The molecule has 0 unspecified atom stereocenters. The van der Waals surface area contributed by atoms with Gasteiger partial charge in [0.05, 0.1) is 25.5 Å². The molecule has 4 heterocycles. The van der Waals surface area contributed by atoms with Crippen LogP contribution in [0.1, 0.15) is 31.2 Å². The fourth-order valence-electron chi connectivity index (χ4n) is 4.18. The first-order valence-electron chi connectivity index (χ1n) is 11.3. The lowest BCUT2D eigenvalue weighted by Crippen LogP contribution is -2.24. The van der Waals surface area contributed by atoms with Crippen LogP contribution < -0.4 is 19.5 Å². The molecule has 33 heavy (non-hydrogen) atoms. The van der Waals surface area contributed by atoms with Crippen LogP contribution in [0.15, 0.2) is 49.1 Å². The van der Waals surface area contributed by atoms with Gasteiger partial charge in [-0.05, 0) is 50.3 Å². The lowest BCUT2D eigenvalue weighted by molar-refractivity contribution is 0.116. The summed E-state index contributed by atoms with van der Waals surface area (Å²) in [7, 11) is 1.66. The van der Waals surface area contributed by atoms with Crippen LogP contribution in [-0.2, 0) is 6.42 Å². The van der Waals surface area contributed by atoms with Gasteiger partial charge in [-0.25, -0.2) is 15.0 Å². The number of fused-ring (bicyclic) bond motifs is 2. The van der Waals surface area contributed by atoms with Gasteiger partial charge in [0.2, 0.25) is 5.88 Å². The second kappa shape index (κ2) is 8.27. The largest absolute Gasteiger partial charge is 0.493 e. The Kier molecular flexibility index (Phi) is 4.97. The lowest BCUT2D eigenvalue weighted by Gasteiger charge is -2.27. The van der Waals surface area contributed by atoms with E-state index in [4.69, 9.17) is 19.2 Å².